The molecule has 1 aliphatic heterocycles. The van der Waals surface area contributed by atoms with Crippen molar-refractivity contribution in [2.45, 2.75) is 135 Å². The third-order valence-electron chi connectivity index (χ3n) is 12.0. The van der Waals surface area contributed by atoms with E-state index in [0.717, 1.165) is 49.1 Å². The first-order chi connectivity index (χ1) is 26.8. The number of carbonyl (C=O) groups excluding carboxylic acids is 4. The van der Waals surface area contributed by atoms with E-state index in [1.807, 2.05) is 75.2 Å². The summed E-state index contributed by atoms with van der Waals surface area (Å²) in [5, 5.41) is 12.1. The Labute approximate surface area is 339 Å². The van der Waals surface area contributed by atoms with Crippen LogP contribution in [0, 0.1) is 23.7 Å². The van der Waals surface area contributed by atoms with Gasteiger partial charge in [0.25, 0.3) is 0 Å². The van der Waals surface area contributed by atoms with Gasteiger partial charge in [-0.25, -0.2) is 4.98 Å². The molecule has 2 aromatic rings. The Morgan fingerprint density at radius 1 is 0.893 bits per heavy atom. The zero-order valence-electron chi connectivity index (χ0n) is 35.2. The summed E-state index contributed by atoms with van der Waals surface area (Å²) in [6, 6.07) is 7.92. The lowest BCUT2D eigenvalue weighted by molar-refractivity contribution is -0.148. The van der Waals surface area contributed by atoms with Crippen LogP contribution in [0.5, 0.6) is 0 Å². The highest BCUT2D eigenvalue weighted by Gasteiger charge is 2.44. The quantitative estimate of drug-likeness (QED) is 0.162. The molecule has 312 valence electrons. The number of hydrogen-bond donors (Lipinski definition) is 3. The van der Waals surface area contributed by atoms with Gasteiger partial charge in [0.15, 0.2) is 0 Å². The van der Waals surface area contributed by atoms with Crippen molar-refractivity contribution in [1.29, 1.82) is 0 Å². The van der Waals surface area contributed by atoms with E-state index < -0.39 is 30.2 Å². The van der Waals surface area contributed by atoms with Crippen LogP contribution in [0.4, 0.5) is 0 Å². The van der Waals surface area contributed by atoms with Gasteiger partial charge in [0, 0.05) is 39.4 Å². The van der Waals surface area contributed by atoms with Gasteiger partial charge >= 0.3 is 0 Å². The first-order valence-corrected chi connectivity index (χ1v) is 21.5. The Kier molecular flexibility index (Phi) is 17.8. The van der Waals surface area contributed by atoms with E-state index in [0.29, 0.717) is 19.4 Å². The van der Waals surface area contributed by atoms with Crippen LogP contribution >= 0.6 is 11.3 Å². The molecule has 1 saturated heterocycles. The summed E-state index contributed by atoms with van der Waals surface area (Å²) in [4.78, 5) is 64.3. The van der Waals surface area contributed by atoms with E-state index in [-0.39, 0.29) is 65.9 Å². The maximum absolute atomic E-state index is 14.4. The number of likely N-dealkylation sites (tertiary alicyclic amines) is 1. The second kappa shape index (κ2) is 21.9. The number of nitrogens with one attached hydrogen (secondary N) is 3. The Hall–Kier alpha value is -3.39. The molecule has 0 spiro atoms. The minimum atomic E-state index is -0.734. The number of rotatable bonds is 20. The van der Waals surface area contributed by atoms with Crippen LogP contribution in [0.15, 0.2) is 41.9 Å². The molecule has 8 atom stereocenters. The third-order valence-corrected chi connectivity index (χ3v) is 12.9. The van der Waals surface area contributed by atoms with Gasteiger partial charge in [-0.15, -0.1) is 11.3 Å². The molecule has 4 rings (SSSR count). The summed E-state index contributed by atoms with van der Waals surface area (Å²) in [5.74, 6) is -1.13. The largest absolute Gasteiger partial charge is 0.379 e. The highest BCUT2D eigenvalue weighted by atomic mass is 32.1. The molecule has 12 nitrogen and oxygen atoms in total. The van der Waals surface area contributed by atoms with E-state index in [9.17, 15) is 19.2 Å². The molecule has 2 aliphatic rings. The Balaban J connectivity index is 1.51. The summed E-state index contributed by atoms with van der Waals surface area (Å²) >= 11 is 1.51. The molecule has 1 aromatic heterocycles. The first-order valence-electron chi connectivity index (χ1n) is 20.7. The molecule has 1 aromatic carbocycles. The number of amides is 4. The standard InChI is InChI=1S/C43H68N6O6S/c1-27(2)36(44-6)41(52)47-37(28(3)4)43(53)48(7)38(31-19-14-11-15-20-31)34(54-8)26-35(50)49-23-16-21-33(49)39(55-9)29(5)40(51)46-32(42-45-22-24-56-42)25-30-17-12-10-13-18-30/h10,12-13,17-18,22,24,27-29,31-34,36-39,44H,11,14-16,19-21,23,25-26H2,1-9H3,(H,46,51)(H,47,52)/t29-,32?,33+,34-,36+,37+,38+,39-/m1/s1. The summed E-state index contributed by atoms with van der Waals surface area (Å²) in [6.07, 6.45) is 7.95. The summed E-state index contributed by atoms with van der Waals surface area (Å²) in [5.41, 5.74) is 1.10. The van der Waals surface area contributed by atoms with E-state index in [4.69, 9.17) is 9.47 Å². The highest BCUT2D eigenvalue weighted by Crippen LogP contribution is 2.34. The number of methoxy groups -OCH3 is 2. The predicted octanol–water partition coefficient (Wildman–Crippen LogP) is 5.38. The molecular weight excluding hydrogens is 729 g/mol. The fraction of sp³-hybridized carbons (Fsp3) is 0.698. The molecule has 0 bridgehead atoms. The molecular formula is C43H68N6O6S. The fourth-order valence-corrected chi connectivity index (χ4v) is 9.60. The average molecular weight is 797 g/mol. The van der Waals surface area contributed by atoms with Crippen LogP contribution < -0.4 is 16.0 Å². The molecule has 1 unspecified atom stereocenters. The van der Waals surface area contributed by atoms with Gasteiger partial charge in [-0.05, 0) is 62.5 Å². The number of thiazole rings is 1. The predicted molar refractivity (Wildman–Crippen MR) is 221 cm³/mol. The molecule has 3 N–H and O–H groups in total. The number of likely N-dealkylation sites (N-methyl/N-ethyl adjacent to an activating group) is 2. The van der Waals surface area contributed by atoms with Crippen molar-refractivity contribution in [2.75, 3.05) is 34.9 Å². The topological polar surface area (TPSA) is 142 Å². The number of nitrogens with zero attached hydrogens (tertiary/aromatic N) is 3. The Morgan fingerprint density at radius 2 is 1.57 bits per heavy atom. The first kappa shape index (κ1) is 45.3. The lowest BCUT2D eigenvalue weighted by Gasteiger charge is -2.43. The summed E-state index contributed by atoms with van der Waals surface area (Å²) < 4.78 is 12.2. The van der Waals surface area contributed by atoms with Crippen molar-refractivity contribution >= 4 is 35.0 Å². The Bertz CT molecular complexity index is 1520. The smallest absolute Gasteiger partial charge is 0.245 e. The van der Waals surface area contributed by atoms with Crippen molar-refractivity contribution < 1.29 is 28.7 Å². The van der Waals surface area contributed by atoms with Crippen LogP contribution in [0.2, 0.25) is 0 Å². The van der Waals surface area contributed by atoms with Crippen LogP contribution in [0.1, 0.15) is 103 Å². The van der Waals surface area contributed by atoms with Crippen LogP contribution in [-0.2, 0) is 35.1 Å². The van der Waals surface area contributed by atoms with Crippen LogP contribution in [-0.4, -0.2) is 110 Å². The van der Waals surface area contributed by atoms with Crippen LogP contribution in [0.3, 0.4) is 0 Å². The van der Waals surface area contributed by atoms with Crippen LogP contribution in [0.25, 0.3) is 0 Å². The fourth-order valence-electron chi connectivity index (χ4n) is 8.91. The molecule has 4 amide bonds. The Morgan fingerprint density at radius 3 is 2.14 bits per heavy atom. The molecule has 2 fully saturated rings. The highest BCUT2D eigenvalue weighted by molar-refractivity contribution is 7.09. The van der Waals surface area contributed by atoms with Crippen molar-refractivity contribution in [2.24, 2.45) is 23.7 Å². The molecule has 56 heavy (non-hydrogen) atoms. The third kappa shape index (κ3) is 11.6. The van der Waals surface area contributed by atoms with Gasteiger partial charge in [0.2, 0.25) is 23.6 Å². The van der Waals surface area contributed by atoms with Gasteiger partial charge in [0.05, 0.1) is 48.7 Å². The monoisotopic (exact) mass is 796 g/mol. The van der Waals surface area contributed by atoms with Crippen molar-refractivity contribution in [3.63, 3.8) is 0 Å². The number of benzene rings is 1. The van der Waals surface area contributed by atoms with E-state index in [1.54, 1.807) is 39.4 Å². The molecule has 13 heteroatoms. The second-order valence-corrected chi connectivity index (χ2v) is 17.4. The van der Waals surface area contributed by atoms with E-state index >= 15 is 0 Å². The van der Waals surface area contributed by atoms with Crippen molar-refractivity contribution in [1.82, 2.24) is 30.7 Å². The second-order valence-electron chi connectivity index (χ2n) is 16.5. The lowest BCUT2D eigenvalue weighted by Crippen LogP contribution is -2.60. The minimum absolute atomic E-state index is 0.0455. The van der Waals surface area contributed by atoms with Gasteiger partial charge < -0.3 is 35.2 Å². The molecule has 0 radical (unpaired) electrons. The average Bonchev–Trinajstić information content (AvgIpc) is 3.91. The number of hydrogen-bond acceptors (Lipinski definition) is 9. The molecule has 1 saturated carbocycles. The SMILES string of the molecule is CN[C@H](C(=O)N[C@H](C(=O)N(C)[C@@H](C1CCCCC1)[C@@H](CC(=O)N1CCC[C@H]1[C@H](OC)[C@@H](C)C(=O)NC(Cc1ccccc1)c1nccs1)OC)C(C)C)C(C)C. The molecule has 1 aliphatic carbocycles. The lowest BCUT2D eigenvalue weighted by atomic mass is 9.80. The normalized spacial score (nSPS) is 20.2. The number of aromatic nitrogens is 1. The zero-order chi connectivity index (χ0) is 40.9. The summed E-state index contributed by atoms with van der Waals surface area (Å²) in [6.45, 7) is 10.2. The van der Waals surface area contributed by atoms with Crippen molar-refractivity contribution in [3.8, 4) is 0 Å². The summed E-state index contributed by atoms with van der Waals surface area (Å²) in [7, 11) is 6.78. The van der Waals surface area contributed by atoms with E-state index in [2.05, 4.69) is 20.9 Å². The van der Waals surface area contributed by atoms with E-state index in [1.165, 1.54) is 11.3 Å². The van der Waals surface area contributed by atoms with Gasteiger partial charge in [-0.2, -0.15) is 0 Å². The number of ether oxygens (including phenoxy) is 2. The van der Waals surface area contributed by atoms with Gasteiger partial charge in [0.1, 0.15) is 11.0 Å². The maximum atomic E-state index is 14.4. The van der Waals surface area contributed by atoms with Gasteiger partial charge in [-0.3, -0.25) is 19.2 Å². The minimum Gasteiger partial charge on any atom is -0.379 e. The maximum Gasteiger partial charge on any atom is 0.245 e. The zero-order valence-corrected chi connectivity index (χ0v) is 36.0. The van der Waals surface area contributed by atoms with Gasteiger partial charge in [-0.1, -0.05) is 84.2 Å². The van der Waals surface area contributed by atoms with Crippen molar-refractivity contribution in [3.05, 3.63) is 52.5 Å². The number of carbonyl (C=O) groups is 4. The molecule has 2 heterocycles.